The van der Waals surface area contributed by atoms with Gasteiger partial charge in [0, 0.05) is 49.5 Å². The number of allylic oxidation sites excluding steroid dienone is 1. The Morgan fingerprint density at radius 1 is 1.00 bits per heavy atom. The molecule has 1 atom stereocenters. The second kappa shape index (κ2) is 17.3. The Morgan fingerprint density at radius 2 is 1.80 bits per heavy atom. The number of rotatable bonds is 13. The summed E-state index contributed by atoms with van der Waals surface area (Å²) in [6.07, 6.45) is 11.2. The van der Waals surface area contributed by atoms with E-state index in [4.69, 9.17) is 9.47 Å². The van der Waals surface area contributed by atoms with Gasteiger partial charge in [-0.05, 0) is 130 Å². The summed E-state index contributed by atoms with van der Waals surface area (Å²) in [5, 5.41) is 16.0. The maximum absolute atomic E-state index is 13.9. The number of aromatic amines is 1. The highest BCUT2D eigenvalue weighted by molar-refractivity contribution is 7.90. The Hall–Kier alpha value is -5.57. The zero-order valence-electron chi connectivity index (χ0n) is 33.2. The third-order valence-electron chi connectivity index (χ3n) is 12.2. The first-order valence-electron chi connectivity index (χ1n) is 20.5. The van der Waals surface area contributed by atoms with E-state index >= 15 is 0 Å². The number of anilines is 1. The Labute approximate surface area is 344 Å². The van der Waals surface area contributed by atoms with Crippen molar-refractivity contribution in [2.45, 2.75) is 81.2 Å². The number of benzene rings is 3. The minimum absolute atomic E-state index is 0.000473. The van der Waals surface area contributed by atoms with Gasteiger partial charge in [-0.1, -0.05) is 42.5 Å². The van der Waals surface area contributed by atoms with E-state index < -0.39 is 31.4 Å². The van der Waals surface area contributed by atoms with Crippen LogP contribution in [0.3, 0.4) is 0 Å². The number of amides is 1. The summed E-state index contributed by atoms with van der Waals surface area (Å²) in [4.78, 5) is 35.1. The number of sulfonamides is 1. The van der Waals surface area contributed by atoms with Crippen molar-refractivity contribution in [2.24, 2.45) is 5.92 Å². The number of hydrogen-bond acceptors (Lipinski definition) is 10. The largest absolute Gasteiger partial charge is 0.455 e. The number of fused-ring (bicyclic) bond motifs is 1. The number of pyridine rings is 1. The van der Waals surface area contributed by atoms with Crippen molar-refractivity contribution in [3.63, 3.8) is 0 Å². The van der Waals surface area contributed by atoms with Crippen LogP contribution in [-0.4, -0.2) is 66.5 Å². The maximum atomic E-state index is 13.9. The Balaban J connectivity index is 1.01. The molecule has 3 N–H and O–H groups in total. The molecule has 8 rings (SSSR count). The minimum atomic E-state index is -4.53. The molecule has 4 heterocycles. The number of nitrogens with one attached hydrogen (secondary N) is 3. The van der Waals surface area contributed by atoms with Gasteiger partial charge >= 0.3 is 0 Å². The fraction of sp³-hybridized carbons (Fsp3) is 0.378. The molecule has 5 aromatic rings. The summed E-state index contributed by atoms with van der Waals surface area (Å²) in [5.74, 6) is 0.129. The predicted molar refractivity (Wildman–Crippen MR) is 227 cm³/mol. The molecule has 1 amide bonds. The van der Waals surface area contributed by atoms with E-state index in [2.05, 4.69) is 62.7 Å². The SMILES string of the molecule is C=C(C)c1ccccc1C1CCCN1C1CCC(c2ccc(C(=O)NS(=O)(=O)c3ccc(NCC4CCOCC4)c([N+](=O)[O-])c3)c(Oc3cnc4[nH]ccc4c3)c2)CC1. The summed E-state index contributed by atoms with van der Waals surface area (Å²) in [6.45, 7) is 9.14. The number of ether oxygens (including phenoxy) is 2. The topological polar surface area (TPSA) is 169 Å². The molecule has 3 aliphatic rings. The Kier molecular flexibility index (Phi) is 11.8. The van der Waals surface area contributed by atoms with E-state index in [1.165, 1.54) is 23.3 Å². The van der Waals surface area contributed by atoms with E-state index in [0.29, 0.717) is 43.2 Å². The number of nitro benzene ring substituents is 1. The van der Waals surface area contributed by atoms with Crippen LogP contribution < -0.4 is 14.8 Å². The van der Waals surface area contributed by atoms with E-state index in [0.717, 1.165) is 80.5 Å². The van der Waals surface area contributed by atoms with Crippen molar-refractivity contribution in [2.75, 3.05) is 31.6 Å². The smallest absolute Gasteiger partial charge is 0.293 e. The highest BCUT2D eigenvalue weighted by atomic mass is 32.2. The number of carbonyl (C=O) groups is 1. The second-order valence-corrected chi connectivity index (χ2v) is 17.7. The molecule has 2 aromatic heterocycles. The first-order valence-corrected chi connectivity index (χ1v) is 21.9. The molecule has 13 nitrogen and oxygen atoms in total. The quantitative estimate of drug-likeness (QED) is 0.0770. The normalized spacial score (nSPS) is 20.3. The Morgan fingerprint density at radius 3 is 2.58 bits per heavy atom. The van der Waals surface area contributed by atoms with E-state index in [1.54, 1.807) is 24.5 Å². The lowest BCUT2D eigenvalue weighted by molar-refractivity contribution is -0.384. The number of carbonyl (C=O) groups excluding carboxylic acids is 1. The summed E-state index contributed by atoms with van der Waals surface area (Å²) < 4.78 is 41.2. The molecule has 1 saturated carbocycles. The van der Waals surface area contributed by atoms with Crippen LogP contribution in [0.1, 0.15) is 97.3 Å². The first kappa shape index (κ1) is 40.2. The molecule has 0 spiro atoms. The average molecular weight is 819 g/mol. The van der Waals surface area contributed by atoms with Gasteiger partial charge in [-0.3, -0.25) is 19.8 Å². The standard InChI is InChI=1S/C45H50N6O7S/c1-29(2)37-6-3-4-7-38(37)41-8-5-21-50(41)34-12-9-31(10-13-34)32-11-15-39(43(25-32)58-35-24-33-17-20-46-44(33)48-28-35)45(52)49-59(55,56)36-14-16-40(42(26-36)51(53)54)47-27-30-18-22-57-23-19-30/h3-4,6-7,11,14-17,20,24-26,28,30-31,34,41,47H,1,5,8-10,12-13,18-19,21-23,27H2,2H3,(H,46,48)(H,49,52). The van der Waals surface area contributed by atoms with Crippen molar-refractivity contribution in [3.8, 4) is 11.5 Å². The van der Waals surface area contributed by atoms with Crippen LogP contribution in [-0.2, 0) is 14.8 Å². The van der Waals surface area contributed by atoms with E-state index in [1.807, 2.05) is 18.2 Å². The summed E-state index contributed by atoms with van der Waals surface area (Å²) in [6, 6.07) is 22.0. The summed E-state index contributed by atoms with van der Waals surface area (Å²) in [7, 11) is -4.53. The van der Waals surface area contributed by atoms with Crippen LogP contribution in [0.5, 0.6) is 11.5 Å². The lowest BCUT2D eigenvalue weighted by Crippen LogP contribution is -2.37. The predicted octanol–water partition coefficient (Wildman–Crippen LogP) is 9.12. The van der Waals surface area contributed by atoms with Crippen LogP contribution in [0.15, 0.2) is 96.7 Å². The molecule has 308 valence electrons. The fourth-order valence-electron chi connectivity index (χ4n) is 9.06. The van der Waals surface area contributed by atoms with E-state index in [-0.39, 0.29) is 28.8 Å². The van der Waals surface area contributed by atoms with E-state index in [9.17, 15) is 23.3 Å². The molecule has 3 fully saturated rings. The number of hydrogen-bond donors (Lipinski definition) is 3. The van der Waals surface area contributed by atoms with Crippen molar-refractivity contribution in [1.82, 2.24) is 19.6 Å². The number of likely N-dealkylation sites (tertiary alicyclic amines) is 1. The first-order chi connectivity index (χ1) is 28.5. The monoisotopic (exact) mass is 818 g/mol. The van der Waals surface area contributed by atoms with Gasteiger partial charge in [0.1, 0.15) is 22.8 Å². The van der Waals surface area contributed by atoms with Gasteiger partial charge < -0.3 is 19.8 Å². The van der Waals surface area contributed by atoms with Gasteiger partial charge in [-0.15, -0.1) is 0 Å². The summed E-state index contributed by atoms with van der Waals surface area (Å²) >= 11 is 0. The van der Waals surface area contributed by atoms with Crippen LogP contribution >= 0.6 is 0 Å². The fourth-order valence-corrected chi connectivity index (χ4v) is 10.1. The lowest BCUT2D eigenvalue weighted by Gasteiger charge is -2.39. The van der Waals surface area contributed by atoms with Gasteiger partial charge in [0.2, 0.25) is 0 Å². The van der Waals surface area contributed by atoms with Gasteiger partial charge in [0.05, 0.1) is 21.6 Å². The number of aromatic nitrogens is 2. The maximum Gasteiger partial charge on any atom is 0.293 e. The molecule has 2 aliphatic heterocycles. The highest BCUT2D eigenvalue weighted by Gasteiger charge is 2.36. The molecular weight excluding hydrogens is 769 g/mol. The second-order valence-electron chi connectivity index (χ2n) is 16.0. The minimum Gasteiger partial charge on any atom is -0.455 e. The zero-order valence-corrected chi connectivity index (χ0v) is 34.0. The molecular formula is C45H50N6O7S. The molecule has 3 aromatic carbocycles. The molecule has 59 heavy (non-hydrogen) atoms. The molecule has 14 heteroatoms. The zero-order chi connectivity index (χ0) is 41.1. The molecule has 0 bridgehead atoms. The number of nitrogens with zero attached hydrogens (tertiary/aromatic N) is 3. The molecule has 1 unspecified atom stereocenters. The molecule has 0 radical (unpaired) electrons. The lowest BCUT2D eigenvalue weighted by atomic mass is 9.80. The molecule has 2 saturated heterocycles. The Bertz CT molecular complexity index is 2470. The number of H-pyrrole nitrogens is 1. The summed E-state index contributed by atoms with van der Waals surface area (Å²) in [5.41, 5.74) is 5.15. The molecule has 1 aliphatic carbocycles. The van der Waals surface area contributed by atoms with Gasteiger partial charge in [0.15, 0.2) is 0 Å². The van der Waals surface area contributed by atoms with Crippen LogP contribution in [0.4, 0.5) is 11.4 Å². The van der Waals surface area contributed by atoms with Crippen molar-refractivity contribution < 1.29 is 27.6 Å². The van der Waals surface area contributed by atoms with Crippen molar-refractivity contribution >= 4 is 43.9 Å². The third-order valence-corrected chi connectivity index (χ3v) is 13.5. The van der Waals surface area contributed by atoms with Gasteiger partial charge in [-0.25, -0.2) is 18.1 Å². The van der Waals surface area contributed by atoms with Crippen molar-refractivity contribution in [3.05, 3.63) is 124 Å². The number of nitro groups is 1. The van der Waals surface area contributed by atoms with Crippen molar-refractivity contribution in [1.29, 1.82) is 0 Å². The third kappa shape index (κ3) is 8.90. The van der Waals surface area contributed by atoms with Crippen LogP contribution in [0.2, 0.25) is 0 Å². The van der Waals surface area contributed by atoms with Gasteiger partial charge in [-0.2, -0.15) is 0 Å². The van der Waals surface area contributed by atoms with Crippen LogP contribution in [0.25, 0.3) is 16.6 Å². The van der Waals surface area contributed by atoms with Crippen LogP contribution in [0, 0.1) is 16.0 Å². The van der Waals surface area contributed by atoms with Gasteiger partial charge in [0.25, 0.3) is 21.6 Å². The highest BCUT2D eigenvalue weighted by Crippen LogP contribution is 2.43. The average Bonchev–Trinajstić information content (AvgIpc) is 3.93.